The van der Waals surface area contributed by atoms with Gasteiger partial charge < -0.3 is 14.6 Å². The number of hydrogen-bond donors (Lipinski definition) is 2. The van der Waals surface area contributed by atoms with E-state index in [4.69, 9.17) is 9.52 Å². The van der Waals surface area contributed by atoms with Gasteiger partial charge in [0.1, 0.15) is 5.76 Å². The molecule has 1 aromatic carbocycles. The van der Waals surface area contributed by atoms with Crippen molar-refractivity contribution >= 4 is 11.9 Å². The van der Waals surface area contributed by atoms with E-state index in [1.807, 2.05) is 32.0 Å². The van der Waals surface area contributed by atoms with Gasteiger partial charge in [0, 0.05) is 6.42 Å². The third-order valence-electron chi connectivity index (χ3n) is 3.39. The molecule has 5 heteroatoms. The van der Waals surface area contributed by atoms with Gasteiger partial charge >= 0.3 is 11.9 Å². The summed E-state index contributed by atoms with van der Waals surface area (Å²) in [4.78, 5) is 22.3. The summed E-state index contributed by atoms with van der Waals surface area (Å²) in [5, 5.41) is 18.3. The van der Waals surface area contributed by atoms with E-state index in [9.17, 15) is 14.7 Å². The summed E-state index contributed by atoms with van der Waals surface area (Å²) < 4.78 is 5.15. The number of carboxylic acids is 2. The van der Waals surface area contributed by atoms with E-state index in [0.29, 0.717) is 5.76 Å². The Bertz CT molecular complexity index is 684. The maximum atomic E-state index is 11.6. The largest absolute Gasteiger partial charge is 0.481 e. The zero-order valence-electron chi connectivity index (χ0n) is 11.8. The fraction of sp³-hybridized carbons (Fsp3) is 0.250. The van der Waals surface area contributed by atoms with Crippen LogP contribution in [0.5, 0.6) is 0 Å². The van der Waals surface area contributed by atoms with Crippen molar-refractivity contribution in [2.75, 3.05) is 0 Å². The molecule has 0 aliphatic carbocycles. The molecule has 1 heterocycles. The Balaban J connectivity index is 2.33. The Labute approximate surface area is 121 Å². The van der Waals surface area contributed by atoms with Gasteiger partial charge in [-0.15, -0.1) is 0 Å². The first-order valence-corrected chi connectivity index (χ1v) is 6.50. The van der Waals surface area contributed by atoms with Crippen LogP contribution in [0.25, 0.3) is 0 Å². The number of furan rings is 1. The predicted octanol–water partition coefficient (Wildman–Crippen LogP) is 3.01. The van der Waals surface area contributed by atoms with E-state index >= 15 is 0 Å². The molecular weight excluding hydrogens is 272 g/mol. The average Bonchev–Trinajstić information content (AvgIpc) is 2.87. The third kappa shape index (κ3) is 3.31. The van der Waals surface area contributed by atoms with Gasteiger partial charge in [-0.25, -0.2) is 4.79 Å². The van der Waals surface area contributed by atoms with Gasteiger partial charge in [0.05, 0.1) is 5.92 Å². The summed E-state index contributed by atoms with van der Waals surface area (Å²) in [6, 6.07) is 8.48. The third-order valence-corrected chi connectivity index (χ3v) is 3.39. The molecule has 0 radical (unpaired) electrons. The van der Waals surface area contributed by atoms with Gasteiger partial charge in [0.15, 0.2) is 0 Å². The lowest BCUT2D eigenvalue weighted by atomic mass is 9.90. The quantitative estimate of drug-likeness (QED) is 0.883. The van der Waals surface area contributed by atoms with Crippen LogP contribution in [-0.4, -0.2) is 22.2 Å². The maximum Gasteiger partial charge on any atom is 0.371 e. The standard InChI is InChI=1S/C16H16O5/c1-9-3-4-10(2)12(7-9)13(15(17)18)8-11-5-6-14(21-11)16(19)20/h3-7,13H,8H2,1-2H3,(H,17,18)(H,19,20). The van der Waals surface area contributed by atoms with Crippen LogP contribution in [0, 0.1) is 13.8 Å². The summed E-state index contributed by atoms with van der Waals surface area (Å²) in [5.74, 6) is -2.73. The minimum Gasteiger partial charge on any atom is -0.481 e. The molecule has 0 spiro atoms. The molecule has 1 unspecified atom stereocenters. The summed E-state index contributed by atoms with van der Waals surface area (Å²) >= 11 is 0. The van der Waals surface area contributed by atoms with E-state index in [1.165, 1.54) is 12.1 Å². The number of hydrogen-bond acceptors (Lipinski definition) is 3. The zero-order chi connectivity index (χ0) is 15.6. The smallest absolute Gasteiger partial charge is 0.371 e. The first-order valence-electron chi connectivity index (χ1n) is 6.50. The fourth-order valence-electron chi connectivity index (χ4n) is 2.27. The highest BCUT2D eigenvalue weighted by Gasteiger charge is 2.24. The predicted molar refractivity (Wildman–Crippen MR) is 75.7 cm³/mol. The van der Waals surface area contributed by atoms with E-state index < -0.39 is 17.9 Å². The first kappa shape index (κ1) is 14.8. The molecule has 2 aromatic rings. The van der Waals surface area contributed by atoms with Gasteiger partial charge in [-0.2, -0.15) is 0 Å². The molecule has 1 atom stereocenters. The fourth-order valence-corrected chi connectivity index (χ4v) is 2.27. The second kappa shape index (κ2) is 5.83. The van der Waals surface area contributed by atoms with Gasteiger partial charge in [0.25, 0.3) is 0 Å². The Kier molecular flexibility index (Phi) is 4.12. The number of carboxylic acid groups (broad SMARTS) is 2. The van der Waals surface area contributed by atoms with E-state index in [2.05, 4.69) is 0 Å². The number of aromatic carboxylic acids is 1. The average molecular weight is 288 g/mol. The van der Waals surface area contributed by atoms with Gasteiger partial charge in [-0.05, 0) is 37.1 Å². The van der Waals surface area contributed by atoms with Crippen molar-refractivity contribution in [1.82, 2.24) is 0 Å². The van der Waals surface area contributed by atoms with Crippen molar-refractivity contribution in [2.45, 2.75) is 26.2 Å². The highest BCUT2D eigenvalue weighted by molar-refractivity contribution is 5.84. The highest BCUT2D eigenvalue weighted by Crippen LogP contribution is 2.26. The molecule has 0 bridgehead atoms. The molecule has 0 saturated carbocycles. The van der Waals surface area contributed by atoms with Crippen LogP contribution in [0.3, 0.4) is 0 Å². The normalized spacial score (nSPS) is 12.1. The van der Waals surface area contributed by atoms with E-state index in [1.54, 1.807) is 0 Å². The first-order chi connectivity index (χ1) is 9.88. The number of rotatable bonds is 5. The van der Waals surface area contributed by atoms with Crippen molar-refractivity contribution in [3.63, 3.8) is 0 Å². The summed E-state index contributed by atoms with van der Waals surface area (Å²) in [5.41, 5.74) is 2.58. The van der Waals surface area contributed by atoms with Crippen LogP contribution in [0.4, 0.5) is 0 Å². The number of carbonyl (C=O) groups is 2. The van der Waals surface area contributed by atoms with Crippen molar-refractivity contribution in [3.8, 4) is 0 Å². The van der Waals surface area contributed by atoms with Crippen molar-refractivity contribution in [3.05, 3.63) is 58.5 Å². The molecule has 0 aliphatic heterocycles. The maximum absolute atomic E-state index is 11.6. The second-order valence-corrected chi connectivity index (χ2v) is 5.03. The Morgan fingerprint density at radius 1 is 1.14 bits per heavy atom. The van der Waals surface area contributed by atoms with E-state index in [-0.39, 0.29) is 12.2 Å². The summed E-state index contributed by atoms with van der Waals surface area (Å²) in [7, 11) is 0. The number of aryl methyl sites for hydroxylation is 2. The lowest BCUT2D eigenvalue weighted by molar-refractivity contribution is -0.138. The van der Waals surface area contributed by atoms with Gasteiger partial charge in [-0.3, -0.25) is 4.79 Å². The Morgan fingerprint density at radius 2 is 1.86 bits per heavy atom. The molecule has 2 rings (SSSR count). The zero-order valence-corrected chi connectivity index (χ0v) is 11.8. The lowest BCUT2D eigenvalue weighted by Crippen LogP contribution is -2.15. The van der Waals surface area contributed by atoms with Crippen LogP contribution < -0.4 is 0 Å². The molecule has 21 heavy (non-hydrogen) atoms. The van der Waals surface area contributed by atoms with Crippen LogP contribution in [0.2, 0.25) is 0 Å². The van der Waals surface area contributed by atoms with E-state index in [0.717, 1.165) is 16.7 Å². The Hall–Kier alpha value is -2.56. The molecule has 0 aliphatic rings. The molecule has 0 saturated heterocycles. The van der Waals surface area contributed by atoms with Gasteiger partial charge in [-0.1, -0.05) is 23.8 Å². The van der Waals surface area contributed by atoms with Crippen LogP contribution in [0.15, 0.2) is 34.7 Å². The van der Waals surface area contributed by atoms with Crippen LogP contribution in [0.1, 0.15) is 38.9 Å². The monoisotopic (exact) mass is 288 g/mol. The number of benzene rings is 1. The molecule has 1 aromatic heterocycles. The highest BCUT2D eigenvalue weighted by atomic mass is 16.4. The van der Waals surface area contributed by atoms with Crippen molar-refractivity contribution < 1.29 is 24.2 Å². The SMILES string of the molecule is Cc1ccc(C)c(C(Cc2ccc(C(=O)O)o2)C(=O)O)c1. The summed E-state index contributed by atoms with van der Waals surface area (Å²) in [6.07, 6.45) is 0.118. The van der Waals surface area contributed by atoms with Crippen LogP contribution in [-0.2, 0) is 11.2 Å². The molecular formula is C16H16O5. The minimum atomic E-state index is -1.17. The molecule has 110 valence electrons. The van der Waals surface area contributed by atoms with Crippen molar-refractivity contribution in [1.29, 1.82) is 0 Å². The molecule has 0 amide bonds. The molecule has 2 N–H and O–H groups in total. The number of aliphatic carboxylic acids is 1. The minimum absolute atomic E-state index is 0.118. The second-order valence-electron chi connectivity index (χ2n) is 5.03. The molecule has 0 fully saturated rings. The Morgan fingerprint density at radius 3 is 2.43 bits per heavy atom. The van der Waals surface area contributed by atoms with Crippen LogP contribution >= 0.6 is 0 Å². The van der Waals surface area contributed by atoms with Gasteiger partial charge in [0.2, 0.25) is 5.76 Å². The van der Waals surface area contributed by atoms with Crippen molar-refractivity contribution in [2.24, 2.45) is 0 Å². The molecule has 5 nitrogen and oxygen atoms in total. The topological polar surface area (TPSA) is 87.7 Å². The summed E-state index contributed by atoms with van der Waals surface area (Å²) in [6.45, 7) is 3.76. The lowest BCUT2D eigenvalue weighted by Gasteiger charge is -2.15.